The van der Waals surface area contributed by atoms with Crippen LogP contribution in [0.5, 0.6) is 11.5 Å². The molecule has 7 nitrogen and oxygen atoms in total. The molecule has 2 N–H and O–H groups in total. The predicted octanol–water partition coefficient (Wildman–Crippen LogP) is 3.42. The van der Waals surface area contributed by atoms with Crippen LogP contribution in [0.25, 0.3) is 0 Å². The van der Waals surface area contributed by atoms with Crippen LogP contribution in [0.4, 0.5) is 5.69 Å². The molecule has 0 bridgehead atoms. The van der Waals surface area contributed by atoms with Gasteiger partial charge in [-0.25, -0.2) is 4.99 Å². The largest absolute Gasteiger partial charge is 0.493 e. The molecule has 0 radical (unpaired) electrons. The first-order valence-electron chi connectivity index (χ1n) is 8.62. The molecule has 1 aromatic heterocycles. The highest BCUT2D eigenvalue weighted by Crippen LogP contribution is 2.30. The first-order chi connectivity index (χ1) is 13.0. The fourth-order valence-corrected chi connectivity index (χ4v) is 2.82. The Bertz CT molecular complexity index is 767. The lowest BCUT2D eigenvalue weighted by Gasteiger charge is -2.15. The van der Waals surface area contributed by atoms with Crippen LogP contribution in [0, 0.1) is 0 Å². The van der Waals surface area contributed by atoms with Crippen LogP contribution in [0.1, 0.15) is 11.8 Å². The maximum absolute atomic E-state index is 11.9. The van der Waals surface area contributed by atoms with Crippen LogP contribution in [-0.2, 0) is 11.3 Å². The molecule has 0 fully saturated rings. The molecule has 0 aliphatic heterocycles. The zero-order chi connectivity index (χ0) is 19.6. The Morgan fingerprint density at radius 3 is 2.64 bits per heavy atom. The Labute approximate surface area is 187 Å². The van der Waals surface area contributed by atoms with Gasteiger partial charge in [0.05, 0.1) is 20.3 Å². The number of anilines is 1. The molecule has 1 amide bonds. The average Bonchev–Trinajstić information content (AvgIpc) is 3.17. The molecule has 1 aromatic carbocycles. The molecule has 0 saturated heterocycles. The number of likely N-dealkylation sites (N-methyl/N-ethyl adjacent to an activating group) is 1. The third-order valence-corrected chi connectivity index (χ3v) is 4.48. The molecule has 0 atom stereocenters. The highest BCUT2D eigenvalue weighted by molar-refractivity contribution is 14.0. The summed E-state index contributed by atoms with van der Waals surface area (Å²) in [4.78, 5) is 19.0. The Balaban J connectivity index is 0.00000392. The summed E-state index contributed by atoms with van der Waals surface area (Å²) in [6.45, 7) is 3.13. The van der Waals surface area contributed by atoms with Gasteiger partial charge in [-0.2, -0.15) is 0 Å². The van der Waals surface area contributed by atoms with Crippen molar-refractivity contribution < 1.29 is 14.3 Å². The van der Waals surface area contributed by atoms with Crippen molar-refractivity contribution >= 4 is 52.9 Å². The second-order valence-corrected chi connectivity index (χ2v) is 6.84. The van der Waals surface area contributed by atoms with Crippen LogP contribution in [-0.4, -0.2) is 51.1 Å². The molecular weight excluding hydrogens is 491 g/mol. The summed E-state index contributed by atoms with van der Waals surface area (Å²) in [5.74, 6) is 1.75. The zero-order valence-electron chi connectivity index (χ0n) is 16.5. The van der Waals surface area contributed by atoms with Crippen molar-refractivity contribution in [2.24, 2.45) is 4.99 Å². The number of guanidine groups is 1. The van der Waals surface area contributed by atoms with Gasteiger partial charge in [-0.3, -0.25) is 4.79 Å². The summed E-state index contributed by atoms with van der Waals surface area (Å²) >= 11 is 1.66. The van der Waals surface area contributed by atoms with Gasteiger partial charge in [0.1, 0.15) is 6.54 Å². The summed E-state index contributed by atoms with van der Waals surface area (Å²) in [6, 6.07) is 9.59. The second kappa shape index (κ2) is 12.4. The number of thiophene rings is 1. The molecule has 0 unspecified atom stereocenters. The van der Waals surface area contributed by atoms with E-state index in [1.807, 2.05) is 42.6 Å². The highest BCUT2D eigenvalue weighted by Gasteiger charge is 2.09. The number of rotatable bonds is 8. The van der Waals surface area contributed by atoms with Crippen LogP contribution in [0.15, 0.2) is 40.7 Å². The van der Waals surface area contributed by atoms with Crippen molar-refractivity contribution in [2.75, 3.05) is 39.7 Å². The van der Waals surface area contributed by atoms with Crippen LogP contribution in [0.2, 0.25) is 0 Å². The number of hydrogen-bond donors (Lipinski definition) is 2. The Morgan fingerprint density at radius 1 is 1.25 bits per heavy atom. The van der Waals surface area contributed by atoms with E-state index in [9.17, 15) is 4.79 Å². The van der Waals surface area contributed by atoms with E-state index in [1.165, 1.54) is 9.78 Å². The molecule has 2 aromatic rings. The topological polar surface area (TPSA) is 75.2 Å². The Morgan fingerprint density at radius 2 is 2.04 bits per heavy atom. The lowest BCUT2D eigenvalue weighted by Crippen LogP contribution is -2.32. The van der Waals surface area contributed by atoms with Crippen molar-refractivity contribution in [3.63, 3.8) is 0 Å². The van der Waals surface area contributed by atoms with E-state index >= 15 is 0 Å². The number of ether oxygens (including phenoxy) is 2. The van der Waals surface area contributed by atoms with Crippen LogP contribution in [0.3, 0.4) is 0 Å². The quantitative estimate of drug-likeness (QED) is 0.318. The number of methoxy groups -OCH3 is 1. The van der Waals surface area contributed by atoms with Crippen LogP contribution < -0.4 is 20.1 Å². The molecular formula is C19H27IN4O3S. The predicted molar refractivity (Wildman–Crippen MR) is 125 cm³/mol. The molecule has 0 spiro atoms. The first kappa shape index (κ1) is 24.0. The molecule has 0 saturated carbocycles. The van der Waals surface area contributed by atoms with Gasteiger partial charge in [0.2, 0.25) is 5.91 Å². The number of nitrogens with one attached hydrogen (secondary N) is 2. The van der Waals surface area contributed by atoms with Gasteiger partial charge in [-0.1, -0.05) is 6.07 Å². The van der Waals surface area contributed by atoms with Gasteiger partial charge in [0.25, 0.3) is 0 Å². The van der Waals surface area contributed by atoms with Crippen LogP contribution >= 0.6 is 35.3 Å². The number of carbonyl (C=O) groups excluding carboxylic acids is 1. The third kappa shape index (κ3) is 7.55. The average molecular weight is 518 g/mol. The Kier molecular flexibility index (Phi) is 10.7. The van der Waals surface area contributed by atoms with E-state index in [2.05, 4.69) is 15.6 Å². The third-order valence-electron chi connectivity index (χ3n) is 3.61. The summed E-state index contributed by atoms with van der Waals surface area (Å²) in [7, 11) is 5.02. The number of nitrogens with zero attached hydrogens (tertiary/aromatic N) is 2. The van der Waals surface area contributed by atoms with E-state index in [-0.39, 0.29) is 36.4 Å². The van der Waals surface area contributed by atoms with Gasteiger partial charge < -0.3 is 25.0 Å². The number of carbonyl (C=O) groups is 1. The zero-order valence-corrected chi connectivity index (χ0v) is 19.7. The fraction of sp³-hybridized carbons (Fsp3) is 0.368. The number of halogens is 1. The van der Waals surface area contributed by atoms with Gasteiger partial charge in [0, 0.05) is 30.7 Å². The lowest BCUT2D eigenvalue weighted by atomic mass is 10.2. The standard InChI is InChI=1S/C19H26N4O3S.HI/c1-5-26-17-11-14(8-9-16(17)25-4)22-19(21-13-18(24)23(2)3)20-12-15-7-6-10-27-15;/h6-11H,5,12-13H2,1-4H3,(H2,20,21,22);1H. The maximum Gasteiger partial charge on any atom is 0.243 e. The van der Waals surface area contributed by atoms with E-state index in [4.69, 9.17) is 9.47 Å². The van der Waals surface area contributed by atoms with Crippen molar-refractivity contribution in [2.45, 2.75) is 13.5 Å². The minimum absolute atomic E-state index is 0. The van der Waals surface area contributed by atoms with E-state index in [0.717, 1.165) is 5.69 Å². The molecule has 154 valence electrons. The summed E-state index contributed by atoms with van der Waals surface area (Å²) in [6.07, 6.45) is 0. The van der Waals surface area contributed by atoms with E-state index in [0.29, 0.717) is 30.6 Å². The van der Waals surface area contributed by atoms with Gasteiger partial charge in [-0.05, 0) is 30.5 Å². The maximum atomic E-state index is 11.9. The summed E-state index contributed by atoms with van der Waals surface area (Å²) in [5, 5.41) is 8.50. The van der Waals surface area contributed by atoms with Gasteiger partial charge in [-0.15, -0.1) is 35.3 Å². The highest BCUT2D eigenvalue weighted by atomic mass is 127. The second-order valence-electron chi connectivity index (χ2n) is 5.81. The van der Waals surface area contributed by atoms with Crippen molar-refractivity contribution in [3.8, 4) is 11.5 Å². The SMILES string of the molecule is CCOc1cc(NC(=NCC(=O)N(C)C)NCc2cccs2)ccc1OC.I. The molecule has 0 aliphatic carbocycles. The van der Waals surface area contributed by atoms with E-state index < -0.39 is 0 Å². The minimum atomic E-state index is -0.0723. The molecule has 0 aliphatic rings. The van der Waals surface area contributed by atoms with Gasteiger partial charge >= 0.3 is 0 Å². The number of amides is 1. The van der Waals surface area contributed by atoms with Crippen molar-refractivity contribution in [3.05, 3.63) is 40.6 Å². The smallest absolute Gasteiger partial charge is 0.243 e. The number of aliphatic imine (C=N–C) groups is 1. The Hall–Kier alpha value is -2.01. The minimum Gasteiger partial charge on any atom is -0.493 e. The molecule has 28 heavy (non-hydrogen) atoms. The van der Waals surface area contributed by atoms with Crippen molar-refractivity contribution in [1.29, 1.82) is 0 Å². The lowest BCUT2D eigenvalue weighted by molar-refractivity contribution is -0.127. The summed E-state index contributed by atoms with van der Waals surface area (Å²) < 4.78 is 10.9. The first-order valence-corrected chi connectivity index (χ1v) is 9.50. The fourth-order valence-electron chi connectivity index (χ4n) is 2.17. The monoisotopic (exact) mass is 518 g/mol. The molecule has 1 heterocycles. The van der Waals surface area contributed by atoms with E-state index in [1.54, 1.807) is 32.5 Å². The molecule has 9 heteroatoms. The normalized spacial score (nSPS) is 10.6. The van der Waals surface area contributed by atoms with Gasteiger partial charge in [0.15, 0.2) is 17.5 Å². The molecule has 2 rings (SSSR count). The van der Waals surface area contributed by atoms with Crippen molar-refractivity contribution in [1.82, 2.24) is 10.2 Å². The summed E-state index contributed by atoms with van der Waals surface area (Å²) in [5.41, 5.74) is 0.786. The number of benzene rings is 1. The number of hydrogen-bond acceptors (Lipinski definition) is 5.